The largest absolute Gasteiger partial charge is 0.322 e. The van der Waals surface area contributed by atoms with E-state index in [1.54, 1.807) is 11.3 Å². The number of fused-ring (bicyclic) bond motifs is 1. The van der Waals surface area contributed by atoms with Gasteiger partial charge in [0.25, 0.3) is 5.91 Å². The van der Waals surface area contributed by atoms with E-state index < -0.39 is 0 Å². The lowest BCUT2D eigenvalue weighted by Crippen LogP contribution is -2.11. The molecule has 1 amide bonds. The molecule has 0 saturated carbocycles. The first kappa shape index (κ1) is 15.5. The number of nitrogens with one attached hydrogen (secondary N) is 1. The van der Waals surface area contributed by atoms with Crippen molar-refractivity contribution in [2.24, 2.45) is 0 Å². The number of anilines is 1. The number of aromatic nitrogens is 1. The van der Waals surface area contributed by atoms with Gasteiger partial charge in [-0.3, -0.25) is 4.79 Å². The maximum absolute atomic E-state index is 12.5. The number of carbonyl (C=O) groups excluding carboxylic acids is 1. The smallest absolute Gasteiger partial charge is 0.255 e. The van der Waals surface area contributed by atoms with E-state index in [0.29, 0.717) is 5.56 Å². The number of rotatable bonds is 3. The molecule has 0 aliphatic carbocycles. The van der Waals surface area contributed by atoms with Crippen LogP contribution >= 0.6 is 11.3 Å². The Morgan fingerprint density at radius 3 is 2.40 bits per heavy atom. The van der Waals surface area contributed by atoms with E-state index in [2.05, 4.69) is 22.4 Å². The minimum atomic E-state index is -0.111. The Balaban J connectivity index is 1.53. The highest BCUT2D eigenvalue weighted by Gasteiger charge is 2.08. The molecule has 0 aliphatic rings. The first-order valence-corrected chi connectivity index (χ1v) is 8.85. The van der Waals surface area contributed by atoms with Gasteiger partial charge >= 0.3 is 0 Å². The van der Waals surface area contributed by atoms with Crippen molar-refractivity contribution >= 4 is 33.1 Å². The molecule has 1 aromatic heterocycles. The summed E-state index contributed by atoms with van der Waals surface area (Å²) in [4.78, 5) is 16.9. The average Bonchev–Trinajstić information content (AvgIpc) is 3.02. The topological polar surface area (TPSA) is 42.0 Å². The number of amides is 1. The van der Waals surface area contributed by atoms with Crippen molar-refractivity contribution in [1.82, 2.24) is 4.98 Å². The number of carbonyl (C=O) groups is 1. The summed E-state index contributed by atoms with van der Waals surface area (Å²) >= 11 is 1.63. The van der Waals surface area contributed by atoms with Crippen LogP contribution in [0.15, 0.2) is 72.8 Å². The van der Waals surface area contributed by atoms with Gasteiger partial charge in [0, 0.05) is 11.3 Å². The van der Waals surface area contributed by atoms with Gasteiger partial charge in [0.2, 0.25) is 0 Å². The van der Waals surface area contributed by atoms with Crippen molar-refractivity contribution in [3.63, 3.8) is 0 Å². The molecule has 122 valence electrons. The Kier molecular flexibility index (Phi) is 4.04. The van der Waals surface area contributed by atoms with E-state index in [1.165, 1.54) is 0 Å². The monoisotopic (exact) mass is 344 g/mol. The third-order valence-electron chi connectivity index (χ3n) is 4.01. The van der Waals surface area contributed by atoms with E-state index in [9.17, 15) is 4.79 Å². The number of hydrogen-bond acceptors (Lipinski definition) is 3. The van der Waals surface area contributed by atoms with Crippen molar-refractivity contribution < 1.29 is 4.79 Å². The Morgan fingerprint density at radius 1 is 0.920 bits per heavy atom. The number of benzene rings is 3. The van der Waals surface area contributed by atoms with Crippen molar-refractivity contribution in [1.29, 1.82) is 0 Å². The Morgan fingerprint density at radius 2 is 1.64 bits per heavy atom. The van der Waals surface area contributed by atoms with Gasteiger partial charge in [-0.25, -0.2) is 4.98 Å². The maximum atomic E-state index is 12.5. The number of hydrogen-bond donors (Lipinski definition) is 1. The molecule has 3 nitrogen and oxygen atoms in total. The van der Waals surface area contributed by atoms with Gasteiger partial charge in [-0.1, -0.05) is 42.5 Å². The van der Waals surface area contributed by atoms with E-state index in [1.807, 2.05) is 67.6 Å². The maximum Gasteiger partial charge on any atom is 0.255 e. The van der Waals surface area contributed by atoms with Crippen LogP contribution < -0.4 is 5.32 Å². The van der Waals surface area contributed by atoms with Crippen LogP contribution in [0.25, 0.3) is 21.3 Å². The second-order valence-corrected chi connectivity index (χ2v) is 7.05. The van der Waals surface area contributed by atoms with Crippen LogP contribution in [0.1, 0.15) is 15.4 Å². The van der Waals surface area contributed by atoms with E-state index >= 15 is 0 Å². The summed E-state index contributed by atoms with van der Waals surface area (Å²) in [5.74, 6) is -0.111. The van der Waals surface area contributed by atoms with Crippen LogP contribution in [0.2, 0.25) is 0 Å². The van der Waals surface area contributed by atoms with Crippen molar-refractivity contribution in [2.75, 3.05) is 5.32 Å². The Labute approximate surface area is 150 Å². The normalized spacial score (nSPS) is 10.8. The summed E-state index contributed by atoms with van der Waals surface area (Å²) < 4.78 is 1.08. The molecule has 0 saturated heterocycles. The van der Waals surface area contributed by atoms with Crippen LogP contribution in [-0.2, 0) is 0 Å². The third kappa shape index (κ3) is 3.30. The summed E-state index contributed by atoms with van der Waals surface area (Å²) in [5, 5.41) is 3.98. The fourth-order valence-corrected chi connectivity index (χ4v) is 3.63. The molecule has 4 heteroatoms. The molecule has 1 N–H and O–H groups in total. The van der Waals surface area contributed by atoms with Crippen molar-refractivity contribution in [2.45, 2.75) is 6.92 Å². The van der Waals surface area contributed by atoms with Gasteiger partial charge in [-0.05, 0) is 48.4 Å². The molecular formula is C21H16N2OS. The molecule has 1 heterocycles. The lowest BCUT2D eigenvalue weighted by atomic mass is 10.0. The molecule has 0 bridgehead atoms. The zero-order valence-electron chi connectivity index (χ0n) is 13.7. The number of thiazole rings is 1. The molecule has 4 aromatic rings. The van der Waals surface area contributed by atoms with Gasteiger partial charge in [0.1, 0.15) is 0 Å². The highest BCUT2D eigenvalue weighted by atomic mass is 32.1. The van der Waals surface area contributed by atoms with Gasteiger partial charge in [0.15, 0.2) is 0 Å². The highest BCUT2D eigenvalue weighted by Crippen LogP contribution is 2.25. The zero-order chi connectivity index (χ0) is 17.2. The molecule has 0 aliphatic heterocycles. The molecular weight excluding hydrogens is 328 g/mol. The quantitative estimate of drug-likeness (QED) is 0.531. The molecule has 0 fully saturated rings. The first-order chi connectivity index (χ1) is 12.2. The summed E-state index contributed by atoms with van der Waals surface area (Å²) in [6.45, 7) is 1.98. The van der Waals surface area contributed by atoms with Crippen LogP contribution in [0.5, 0.6) is 0 Å². The standard InChI is InChI=1S/C21H16N2OS/c1-14-22-19-12-11-18(13-20(19)25-14)23-21(24)17-9-7-16(8-10-17)15-5-3-2-4-6-15/h2-13H,1H3,(H,23,24). The molecule has 0 spiro atoms. The van der Waals surface area contributed by atoms with E-state index in [4.69, 9.17) is 0 Å². The van der Waals surface area contributed by atoms with Crippen molar-refractivity contribution in [3.8, 4) is 11.1 Å². The van der Waals surface area contributed by atoms with Gasteiger partial charge in [-0.15, -0.1) is 11.3 Å². The minimum absolute atomic E-state index is 0.111. The summed E-state index contributed by atoms with van der Waals surface area (Å²) in [7, 11) is 0. The Hall–Kier alpha value is -2.98. The zero-order valence-corrected chi connectivity index (χ0v) is 14.5. The molecule has 25 heavy (non-hydrogen) atoms. The van der Waals surface area contributed by atoms with Crippen LogP contribution in [0.4, 0.5) is 5.69 Å². The summed E-state index contributed by atoms with van der Waals surface area (Å²) in [5.41, 5.74) is 4.63. The summed E-state index contributed by atoms with van der Waals surface area (Å²) in [6, 6.07) is 23.6. The van der Waals surface area contributed by atoms with Crippen LogP contribution in [-0.4, -0.2) is 10.9 Å². The summed E-state index contributed by atoms with van der Waals surface area (Å²) in [6.07, 6.45) is 0. The Bertz CT molecular complexity index is 1040. The first-order valence-electron chi connectivity index (χ1n) is 8.03. The number of aryl methyl sites for hydroxylation is 1. The minimum Gasteiger partial charge on any atom is -0.322 e. The lowest BCUT2D eigenvalue weighted by molar-refractivity contribution is 0.102. The fourth-order valence-electron chi connectivity index (χ4n) is 2.77. The van der Waals surface area contributed by atoms with Crippen LogP contribution in [0, 0.1) is 6.92 Å². The lowest BCUT2D eigenvalue weighted by Gasteiger charge is -2.07. The fraction of sp³-hybridized carbons (Fsp3) is 0.0476. The second-order valence-electron chi connectivity index (χ2n) is 5.81. The predicted molar refractivity (Wildman–Crippen MR) is 104 cm³/mol. The van der Waals surface area contributed by atoms with Gasteiger partial charge < -0.3 is 5.32 Å². The molecule has 0 radical (unpaired) electrons. The van der Waals surface area contributed by atoms with Crippen molar-refractivity contribution in [3.05, 3.63) is 83.4 Å². The highest BCUT2D eigenvalue weighted by molar-refractivity contribution is 7.18. The molecule has 3 aromatic carbocycles. The van der Waals surface area contributed by atoms with Crippen LogP contribution in [0.3, 0.4) is 0 Å². The second kappa shape index (κ2) is 6.49. The predicted octanol–water partition coefficient (Wildman–Crippen LogP) is 5.52. The molecule has 4 rings (SSSR count). The number of nitrogens with zero attached hydrogens (tertiary/aromatic N) is 1. The van der Waals surface area contributed by atoms with Gasteiger partial charge in [-0.2, -0.15) is 0 Å². The molecule has 0 unspecified atom stereocenters. The SMILES string of the molecule is Cc1nc2ccc(NC(=O)c3ccc(-c4ccccc4)cc3)cc2s1. The van der Waals surface area contributed by atoms with Gasteiger partial charge in [0.05, 0.1) is 15.2 Å². The van der Waals surface area contributed by atoms with E-state index in [0.717, 1.165) is 32.0 Å². The van der Waals surface area contributed by atoms with E-state index in [-0.39, 0.29) is 5.91 Å². The average molecular weight is 344 g/mol. The third-order valence-corrected chi connectivity index (χ3v) is 4.94. The molecule has 0 atom stereocenters.